The Balaban J connectivity index is 2.00. The van der Waals surface area contributed by atoms with Crippen LogP contribution in [0.2, 0.25) is 0 Å². The zero-order chi connectivity index (χ0) is 15.2. The molecule has 0 aromatic heterocycles. The molecular weight excluding hydrogens is 264 g/mol. The fourth-order valence-electron chi connectivity index (χ4n) is 2.67. The van der Waals surface area contributed by atoms with Gasteiger partial charge < -0.3 is 15.0 Å². The van der Waals surface area contributed by atoms with Crippen LogP contribution in [0.3, 0.4) is 0 Å². The van der Waals surface area contributed by atoms with E-state index >= 15 is 0 Å². The predicted molar refractivity (Wildman–Crippen MR) is 84.6 cm³/mol. The van der Waals surface area contributed by atoms with Gasteiger partial charge in [-0.3, -0.25) is 4.79 Å². The molecule has 1 unspecified atom stereocenters. The van der Waals surface area contributed by atoms with E-state index in [1.807, 2.05) is 24.1 Å². The number of ether oxygens (including phenoxy) is 1. The first-order valence-electron chi connectivity index (χ1n) is 7.80. The lowest BCUT2D eigenvalue weighted by Gasteiger charge is -2.27. The molecule has 1 atom stereocenters. The lowest BCUT2D eigenvalue weighted by atomic mass is 10.0. The number of hydrogen-bond acceptors (Lipinski definition) is 3. The number of piperidine rings is 1. The van der Waals surface area contributed by atoms with Crippen molar-refractivity contribution >= 4 is 5.91 Å². The summed E-state index contributed by atoms with van der Waals surface area (Å²) in [7, 11) is 1.93. The highest BCUT2D eigenvalue weighted by Crippen LogP contribution is 2.26. The molecule has 1 amide bonds. The van der Waals surface area contributed by atoms with Gasteiger partial charge >= 0.3 is 0 Å². The molecule has 1 aromatic rings. The van der Waals surface area contributed by atoms with Crippen molar-refractivity contribution in [1.29, 1.82) is 0 Å². The third kappa shape index (κ3) is 4.21. The predicted octanol–water partition coefficient (Wildman–Crippen LogP) is 2.67. The second-order valence-electron chi connectivity index (χ2n) is 5.78. The number of nitrogens with one attached hydrogen (secondary N) is 1. The van der Waals surface area contributed by atoms with Gasteiger partial charge in [0, 0.05) is 24.7 Å². The largest absolute Gasteiger partial charge is 0.483 e. The molecule has 0 aliphatic carbocycles. The topological polar surface area (TPSA) is 41.6 Å². The molecule has 0 radical (unpaired) electrons. The fraction of sp³-hybridized carbons (Fsp3) is 0.588. The Morgan fingerprint density at radius 1 is 1.33 bits per heavy atom. The van der Waals surface area contributed by atoms with Gasteiger partial charge in [0.1, 0.15) is 5.75 Å². The van der Waals surface area contributed by atoms with Crippen LogP contribution in [-0.2, 0) is 4.79 Å². The molecular formula is C17H26N2O2. The van der Waals surface area contributed by atoms with Crippen molar-refractivity contribution in [2.45, 2.75) is 39.2 Å². The number of rotatable bonds is 5. The Morgan fingerprint density at radius 2 is 2.05 bits per heavy atom. The number of nitrogens with zero attached hydrogens (tertiary/aromatic N) is 1. The van der Waals surface area contributed by atoms with Gasteiger partial charge in [-0.15, -0.1) is 0 Å². The minimum atomic E-state index is 0.0957. The van der Waals surface area contributed by atoms with E-state index in [-0.39, 0.29) is 18.6 Å². The van der Waals surface area contributed by atoms with Crippen molar-refractivity contribution in [2.24, 2.45) is 0 Å². The first-order chi connectivity index (χ1) is 10.1. The van der Waals surface area contributed by atoms with E-state index in [4.69, 9.17) is 4.74 Å². The van der Waals surface area contributed by atoms with E-state index in [1.54, 1.807) is 0 Å². The summed E-state index contributed by atoms with van der Waals surface area (Å²) in [5, 5.41) is 3.22. The highest BCUT2D eigenvalue weighted by Gasteiger charge is 2.18. The zero-order valence-electron chi connectivity index (χ0n) is 13.3. The summed E-state index contributed by atoms with van der Waals surface area (Å²) in [6, 6.07) is 6.29. The van der Waals surface area contributed by atoms with Gasteiger partial charge in [-0.2, -0.15) is 0 Å². The third-order valence-electron chi connectivity index (χ3n) is 4.12. The molecule has 1 heterocycles. The van der Waals surface area contributed by atoms with E-state index < -0.39 is 0 Å². The van der Waals surface area contributed by atoms with E-state index in [1.165, 1.54) is 12.0 Å². The first kappa shape index (κ1) is 15.8. The van der Waals surface area contributed by atoms with Crippen LogP contribution < -0.4 is 10.1 Å². The molecule has 4 nitrogen and oxygen atoms in total. The maximum absolute atomic E-state index is 12.2. The number of carbonyl (C=O) groups is 1. The standard InChI is InChI=1S/C17H26N2O2/c1-13-7-8-16(15(11-13)14(2)18-3)21-12-17(20)19-9-5-4-6-10-19/h7-8,11,14,18H,4-6,9-10,12H2,1-3H3. The van der Waals surface area contributed by atoms with Gasteiger partial charge in [0.05, 0.1) is 0 Å². The van der Waals surface area contributed by atoms with Gasteiger partial charge in [0.15, 0.2) is 6.61 Å². The fourth-order valence-corrected chi connectivity index (χ4v) is 2.67. The summed E-state index contributed by atoms with van der Waals surface area (Å²) in [5.41, 5.74) is 2.30. The molecule has 2 rings (SSSR count). The molecule has 0 spiro atoms. The zero-order valence-corrected chi connectivity index (χ0v) is 13.3. The number of aryl methyl sites for hydroxylation is 1. The molecule has 1 saturated heterocycles. The van der Waals surface area contributed by atoms with Crippen LogP contribution in [0.25, 0.3) is 0 Å². The van der Waals surface area contributed by atoms with E-state index in [0.29, 0.717) is 0 Å². The molecule has 1 aliphatic heterocycles. The maximum Gasteiger partial charge on any atom is 0.260 e. The van der Waals surface area contributed by atoms with Gasteiger partial charge in [0.25, 0.3) is 5.91 Å². The summed E-state index contributed by atoms with van der Waals surface area (Å²) < 4.78 is 5.80. The summed E-state index contributed by atoms with van der Waals surface area (Å²) in [6.07, 6.45) is 3.45. The van der Waals surface area contributed by atoms with Crippen LogP contribution in [-0.4, -0.2) is 37.6 Å². The number of amides is 1. The lowest BCUT2D eigenvalue weighted by Crippen LogP contribution is -2.38. The van der Waals surface area contributed by atoms with Crippen molar-refractivity contribution in [3.8, 4) is 5.75 Å². The van der Waals surface area contributed by atoms with Gasteiger partial charge in [0.2, 0.25) is 0 Å². The molecule has 4 heteroatoms. The van der Waals surface area contributed by atoms with Crippen LogP contribution in [0.4, 0.5) is 0 Å². The minimum absolute atomic E-state index is 0.0957. The normalized spacial score (nSPS) is 16.6. The van der Waals surface area contributed by atoms with E-state index in [9.17, 15) is 4.79 Å². The van der Waals surface area contributed by atoms with Crippen molar-refractivity contribution in [3.05, 3.63) is 29.3 Å². The van der Waals surface area contributed by atoms with Crippen LogP contribution >= 0.6 is 0 Å². The van der Waals surface area contributed by atoms with Crippen LogP contribution in [0.1, 0.15) is 43.4 Å². The maximum atomic E-state index is 12.2. The highest BCUT2D eigenvalue weighted by atomic mass is 16.5. The second kappa shape index (κ2) is 7.46. The average molecular weight is 290 g/mol. The smallest absolute Gasteiger partial charge is 0.260 e. The summed E-state index contributed by atoms with van der Waals surface area (Å²) >= 11 is 0. The van der Waals surface area contributed by atoms with Gasteiger partial charge in [-0.05, 0) is 46.2 Å². The Labute approximate surface area is 127 Å². The van der Waals surface area contributed by atoms with Gasteiger partial charge in [-0.1, -0.05) is 17.7 Å². The monoisotopic (exact) mass is 290 g/mol. The van der Waals surface area contributed by atoms with Crippen molar-refractivity contribution < 1.29 is 9.53 Å². The molecule has 1 fully saturated rings. The molecule has 116 valence electrons. The molecule has 21 heavy (non-hydrogen) atoms. The van der Waals surface area contributed by atoms with Crippen LogP contribution in [0.15, 0.2) is 18.2 Å². The van der Waals surface area contributed by atoms with Crippen molar-refractivity contribution in [3.63, 3.8) is 0 Å². The number of likely N-dealkylation sites (tertiary alicyclic amines) is 1. The Hall–Kier alpha value is -1.55. The first-order valence-corrected chi connectivity index (χ1v) is 7.80. The Bertz CT molecular complexity index is 482. The SMILES string of the molecule is CNC(C)c1cc(C)ccc1OCC(=O)N1CCCCC1. The molecule has 0 saturated carbocycles. The highest BCUT2D eigenvalue weighted by molar-refractivity contribution is 5.77. The van der Waals surface area contributed by atoms with E-state index in [2.05, 4.69) is 25.2 Å². The summed E-state index contributed by atoms with van der Waals surface area (Å²) in [4.78, 5) is 14.1. The van der Waals surface area contributed by atoms with Crippen molar-refractivity contribution in [1.82, 2.24) is 10.2 Å². The number of hydrogen-bond donors (Lipinski definition) is 1. The molecule has 1 N–H and O–H groups in total. The molecule has 0 bridgehead atoms. The van der Waals surface area contributed by atoms with Crippen molar-refractivity contribution in [2.75, 3.05) is 26.7 Å². The Morgan fingerprint density at radius 3 is 2.71 bits per heavy atom. The van der Waals surface area contributed by atoms with Crippen LogP contribution in [0, 0.1) is 6.92 Å². The Kier molecular flexibility index (Phi) is 5.62. The van der Waals surface area contributed by atoms with Gasteiger partial charge in [-0.25, -0.2) is 0 Å². The quantitative estimate of drug-likeness (QED) is 0.906. The number of carbonyl (C=O) groups excluding carboxylic acids is 1. The summed E-state index contributed by atoms with van der Waals surface area (Å²) in [5.74, 6) is 0.895. The van der Waals surface area contributed by atoms with E-state index in [0.717, 1.165) is 37.2 Å². The third-order valence-corrected chi connectivity index (χ3v) is 4.12. The second-order valence-corrected chi connectivity index (χ2v) is 5.78. The van der Waals surface area contributed by atoms with Crippen LogP contribution in [0.5, 0.6) is 5.75 Å². The lowest BCUT2D eigenvalue weighted by molar-refractivity contribution is -0.134. The minimum Gasteiger partial charge on any atom is -0.483 e. The average Bonchev–Trinajstić information content (AvgIpc) is 2.53. The number of benzene rings is 1. The summed E-state index contributed by atoms with van der Waals surface area (Å²) in [6.45, 7) is 6.03. The molecule has 1 aromatic carbocycles. The molecule has 1 aliphatic rings.